The van der Waals surface area contributed by atoms with Crippen LogP contribution in [-0.2, 0) is 20.8 Å². The number of esters is 1. The van der Waals surface area contributed by atoms with Gasteiger partial charge in [-0.05, 0) is 24.6 Å². The van der Waals surface area contributed by atoms with Crippen LogP contribution >= 0.6 is 0 Å². The molecular weight excluding hydrogens is 304 g/mol. The highest BCUT2D eigenvalue weighted by atomic mass is 16.6. The number of benzene rings is 2. The second kappa shape index (κ2) is 8.08. The summed E-state index contributed by atoms with van der Waals surface area (Å²) in [5.41, 5.74) is 1.67. The Morgan fingerprint density at radius 2 is 1.75 bits per heavy atom. The average molecular weight is 326 g/mol. The molecule has 1 heterocycles. The molecule has 4 heteroatoms. The Morgan fingerprint density at radius 1 is 1.08 bits per heavy atom. The maximum atomic E-state index is 12.1. The fourth-order valence-electron chi connectivity index (χ4n) is 2.84. The van der Waals surface area contributed by atoms with Gasteiger partial charge in [0.25, 0.3) is 0 Å². The van der Waals surface area contributed by atoms with Gasteiger partial charge in [-0.25, -0.2) is 4.79 Å². The van der Waals surface area contributed by atoms with Crippen molar-refractivity contribution in [3.05, 3.63) is 71.8 Å². The zero-order chi connectivity index (χ0) is 16.8. The summed E-state index contributed by atoms with van der Waals surface area (Å²) in [5, 5.41) is 0. The van der Waals surface area contributed by atoms with Gasteiger partial charge in [0.05, 0.1) is 24.4 Å². The normalized spacial score (nSPS) is 23.1. The molecule has 0 N–H and O–H groups in total. The maximum Gasteiger partial charge on any atom is 0.338 e. The topological polar surface area (TPSA) is 44.8 Å². The van der Waals surface area contributed by atoms with Crippen LogP contribution in [-0.4, -0.2) is 30.9 Å². The summed E-state index contributed by atoms with van der Waals surface area (Å²) < 4.78 is 17.2. The molecule has 0 saturated carbocycles. The molecule has 0 radical (unpaired) electrons. The molecule has 3 atom stereocenters. The van der Waals surface area contributed by atoms with Crippen molar-refractivity contribution in [3.8, 4) is 0 Å². The molecule has 126 valence electrons. The summed E-state index contributed by atoms with van der Waals surface area (Å²) in [6.45, 7) is 2.75. The lowest BCUT2D eigenvalue weighted by molar-refractivity contribution is -0.0559. The number of rotatable bonds is 6. The van der Waals surface area contributed by atoms with E-state index in [4.69, 9.17) is 14.2 Å². The van der Waals surface area contributed by atoms with Gasteiger partial charge in [0.1, 0.15) is 12.7 Å². The van der Waals surface area contributed by atoms with Crippen LogP contribution in [0.25, 0.3) is 0 Å². The van der Waals surface area contributed by atoms with Crippen molar-refractivity contribution in [1.29, 1.82) is 0 Å². The third kappa shape index (κ3) is 4.43. The molecule has 0 aromatic heterocycles. The maximum absolute atomic E-state index is 12.1. The van der Waals surface area contributed by atoms with Crippen LogP contribution in [0.15, 0.2) is 60.7 Å². The summed E-state index contributed by atoms with van der Waals surface area (Å²) in [6, 6.07) is 19.0. The monoisotopic (exact) mass is 326 g/mol. The molecule has 1 fully saturated rings. The Morgan fingerprint density at radius 3 is 2.46 bits per heavy atom. The fourth-order valence-corrected chi connectivity index (χ4v) is 2.84. The van der Waals surface area contributed by atoms with E-state index in [1.54, 1.807) is 12.1 Å². The third-order valence-electron chi connectivity index (χ3n) is 4.08. The SMILES string of the molecule is CC1C[C@H](OCc2ccccc2)[C@@H](COC(=O)c2ccccc2)O1. The van der Waals surface area contributed by atoms with Gasteiger partial charge in [0, 0.05) is 6.42 Å². The molecule has 4 nitrogen and oxygen atoms in total. The zero-order valence-electron chi connectivity index (χ0n) is 13.8. The molecule has 0 amide bonds. The standard InChI is InChI=1S/C20H22O4/c1-15-12-18(22-13-16-8-4-2-5-9-16)19(24-15)14-23-20(21)17-10-6-3-7-11-17/h2-11,15,18-19H,12-14H2,1H3/t15?,18-,19+/m0/s1. The lowest BCUT2D eigenvalue weighted by Gasteiger charge is -2.19. The van der Waals surface area contributed by atoms with Crippen molar-refractivity contribution in [2.24, 2.45) is 0 Å². The number of hydrogen-bond acceptors (Lipinski definition) is 4. The zero-order valence-corrected chi connectivity index (χ0v) is 13.8. The molecular formula is C20H22O4. The minimum atomic E-state index is -0.333. The Labute approximate surface area is 142 Å². The van der Waals surface area contributed by atoms with Crippen molar-refractivity contribution >= 4 is 5.97 Å². The number of ether oxygens (including phenoxy) is 3. The number of carbonyl (C=O) groups is 1. The lowest BCUT2D eigenvalue weighted by Crippen LogP contribution is -2.30. The van der Waals surface area contributed by atoms with Crippen LogP contribution < -0.4 is 0 Å². The molecule has 1 aliphatic heterocycles. The van der Waals surface area contributed by atoms with Crippen LogP contribution in [0.4, 0.5) is 0 Å². The molecule has 0 bridgehead atoms. The van der Waals surface area contributed by atoms with E-state index < -0.39 is 0 Å². The summed E-state index contributed by atoms with van der Waals surface area (Å²) in [5.74, 6) is -0.333. The predicted octanol–water partition coefficient (Wildman–Crippen LogP) is 3.61. The van der Waals surface area contributed by atoms with Gasteiger partial charge in [0.15, 0.2) is 0 Å². The predicted molar refractivity (Wildman–Crippen MR) is 90.7 cm³/mol. The van der Waals surface area contributed by atoms with Gasteiger partial charge in [-0.3, -0.25) is 0 Å². The Hall–Kier alpha value is -2.17. The van der Waals surface area contributed by atoms with E-state index in [2.05, 4.69) is 0 Å². The smallest absolute Gasteiger partial charge is 0.338 e. The largest absolute Gasteiger partial charge is 0.459 e. The Kier molecular flexibility index (Phi) is 5.62. The van der Waals surface area contributed by atoms with Crippen LogP contribution in [0.5, 0.6) is 0 Å². The second-order valence-corrected chi connectivity index (χ2v) is 6.02. The summed E-state index contributed by atoms with van der Waals surface area (Å²) in [7, 11) is 0. The van der Waals surface area contributed by atoms with Crippen LogP contribution in [0.2, 0.25) is 0 Å². The minimum absolute atomic E-state index is 0.0659. The first-order chi connectivity index (χ1) is 11.7. The molecule has 3 rings (SSSR count). The van der Waals surface area contributed by atoms with Gasteiger partial charge < -0.3 is 14.2 Å². The quantitative estimate of drug-likeness (QED) is 0.761. The van der Waals surface area contributed by atoms with Crippen molar-refractivity contribution in [2.75, 3.05) is 6.61 Å². The Bertz CT molecular complexity index is 641. The summed E-state index contributed by atoms with van der Waals surface area (Å²) in [4.78, 5) is 12.1. The van der Waals surface area contributed by atoms with Gasteiger partial charge in [-0.2, -0.15) is 0 Å². The first-order valence-electron chi connectivity index (χ1n) is 8.25. The molecule has 24 heavy (non-hydrogen) atoms. The third-order valence-corrected chi connectivity index (χ3v) is 4.08. The Balaban J connectivity index is 1.52. The minimum Gasteiger partial charge on any atom is -0.459 e. The highest BCUT2D eigenvalue weighted by molar-refractivity contribution is 5.89. The van der Waals surface area contributed by atoms with Gasteiger partial charge in [-0.1, -0.05) is 48.5 Å². The summed E-state index contributed by atoms with van der Waals surface area (Å²) >= 11 is 0. The molecule has 1 aliphatic rings. The molecule has 0 spiro atoms. The lowest BCUT2D eigenvalue weighted by atomic mass is 10.1. The van der Waals surface area contributed by atoms with E-state index in [-0.39, 0.29) is 30.9 Å². The highest BCUT2D eigenvalue weighted by Crippen LogP contribution is 2.24. The van der Waals surface area contributed by atoms with E-state index in [0.717, 1.165) is 12.0 Å². The molecule has 1 unspecified atom stereocenters. The molecule has 2 aromatic rings. The van der Waals surface area contributed by atoms with Crippen molar-refractivity contribution < 1.29 is 19.0 Å². The van der Waals surface area contributed by atoms with Gasteiger partial charge >= 0.3 is 5.97 Å². The van der Waals surface area contributed by atoms with E-state index >= 15 is 0 Å². The van der Waals surface area contributed by atoms with E-state index in [1.807, 2.05) is 55.5 Å². The molecule has 2 aromatic carbocycles. The first kappa shape index (κ1) is 16.7. The molecule has 0 aliphatic carbocycles. The molecule has 1 saturated heterocycles. The van der Waals surface area contributed by atoms with Crippen LogP contribution in [0, 0.1) is 0 Å². The van der Waals surface area contributed by atoms with Crippen LogP contribution in [0.3, 0.4) is 0 Å². The van der Waals surface area contributed by atoms with E-state index in [1.165, 1.54) is 0 Å². The van der Waals surface area contributed by atoms with Crippen molar-refractivity contribution in [2.45, 2.75) is 38.3 Å². The van der Waals surface area contributed by atoms with Crippen molar-refractivity contribution in [1.82, 2.24) is 0 Å². The highest BCUT2D eigenvalue weighted by Gasteiger charge is 2.34. The van der Waals surface area contributed by atoms with E-state index in [0.29, 0.717) is 12.2 Å². The second-order valence-electron chi connectivity index (χ2n) is 6.02. The number of carbonyl (C=O) groups excluding carboxylic acids is 1. The summed E-state index contributed by atoms with van der Waals surface area (Å²) in [6.07, 6.45) is 0.617. The van der Waals surface area contributed by atoms with Gasteiger partial charge in [-0.15, -0.1) is 0 Å². The van der Waals surface area contributed by atoms with Crippen LogP contribution in [0.1, 0.15) is 29.3 Å². The first-order valence-corrected chi connectivity index (χ1v) is 8.25. The number of hydrogen-bond donors (Lipinski definition) is 0. The van der Waals surface area contributed by atoms with Crippen molar-refractivity contribution in [3.63, 3.8) is 0 Å². The van der Waals surface area contributed by atoms with Gasteiger partial charge in [0.2, 0.25) is 0 Å². The fraction of sp³-hybridized carbons (Fsp3) is 0.350. The average Bonchev–Trinajstić information content (AvgIpc) is 2.99. The van der Waals surface area contributed by atoms with E-state index in [9.17, 15) is 4.79 Å².